The van der Waals surface area contributed by atoms with Crippen LogP contribution < -0.4 is 5.32 Å². The molecule has 4 heteroatoms. The monoisotopic (exact) mass is 303 g/mol. The molecule has 0 aliphatic carbocycles. The molecule has 22 heavy (non-hydrogen) atoms. The van der Waals surface area contributed by atoms with Crippen molar-refractivity contribution in [3.05, 3.63) is 65.2 Å². The molecule has 0 aliphatic rings. The van der Waals surface area contributed by atoms with Gasteiger partial charge in [-0.05, 0) is 36.1 Å². The Morgan fingerprint density at radius 2 is 1.73 bits per heavy atom. The maximum atomic E-state index is 13.5. The molecule has 0 saturated carbocycles. The van der Waals surface area contributed by atoms with Crippen LogP contribution in [0.25, 0.3) is 0 Å². The first-order chi connectivity index (χ1) is 10.6. The van der Waals surface area contributed by atoms with E-state index in [2.05, 4.69) is 12.2 Å². The number of carbonyl (C=O) groups is 1. The summed E-state index contributed by atoms with van der Waals surface area (Å²) in [5.74, 6) is -1.60. The van der Waals surface area contributed by atoms with Gasteiger partial charge in [0.15, 0.2) is 0 Å². The smallest absolute Gasteiger partial charge is 0.228 e. The third-order valence-corrected chi connectivity index (χ3v) is 3.41. The highest BCUT2D eigenvalue weighted by Gasteiger charge is 2.09. The van der Waals surface area contributed by atoms with E-state index < -0.39 is 11.6 Å². The number of anilines is 1. The number of aryl methyl sites for hydroxylation is 1. The van der Waals surface area contributed by atoms with Crippen molar-refractivity contribution in [2.75, 3.05) is 5.32 Å². The van der Waals surface area contributed by atoms with Gasteiger partial charge in [0, 0.05) is 6.07 Å². The van der Waals surface area contributed by atoms with Gasteiger partial charge >= 0.3 is 0 Å². The lowest BCUT2D eigenvalue weighted by Crippen LogP contribution is -2.15. The molecule has 0 unspecified atom stereocenters. The van der Waals surface area contributed by atoms with Gasteiger partial charge in [0.25, 0.3) is 0 Å². The van der Waals surface area contributed by atoms with Crippen molar-refractivity contribution in [3.63, 3.8) is 0 Å². The molecule has 0 radical (unpaired) electrons. The number of hydrogen-bond acceptors (Lipinski definition) is 1. The van der Waals surface area contributed by atoms with Gasteiger partial charge in [-0.15, -0.1) is 0 Å². The molecule has 0 aromatic heterocycles. The van der Waals surface area contributed by atoms with E-state index in [1.54, 1.807) is 0 Å². The molecule has 2 aromatic rings. The Morgan fingerprint density at radius 1 is 1.05 bits per heavy atom. The van der Waals surface area contributed by atoms with Crippen LogP contribution in [0.3, 0.4) is 0 Å². The average Bonchev–Trinajstić information content (AvgIpc) is 2.50. The Morgan fingerprint density at radius 3 is 2.41 bits per heavy atom. The fourth-order valence-electron chi connectivity index (χ4n) is 2.18. The van der Waals surface area contributed by atoms with Gasteiger partial charge < -0.3 is 5.32 Å². The Bertz CT molecular complexity index is 638. The third-order valence-electron chi connectivity index (χ3n) is 3.41. The van der Waals surface area contributed by atoms with Crippen LogP contribution in [0, 0.1) is 11.6 Å². The topological polar surface area (TPSA) is 29.1 Å². The molecular weight excluding hydrogens is 284 g/mol. The first-order valence-corrected chi connectivity index (χ1v) is 7.41. The maximum absolute atomic E-state index is 13.5. The SMILES string of the molecule is CCCCc1ccc(CC(=O)Nc2cc(F)ccc2F)cc1. The highest BCUT2D eigenvalue weighted by atomic mass is 19.1. The minimum Gasteiger partial charge on any atom is -0.323 e. The van der Waals surface area contributed by atoms with Gasteiger partial charge in [-0.2, -0.15) is 0 Å². The number of halogens is 2. The summed E-state index contributed by atoms with van der Waals surface area (Å²) < 4.78 is 26.5. The molecule has 116 valence electrons. The summed E-state index contributed by atoms with van der Waals surface area (Å²) >= 11 is 0. The quantitative estimate of drug-likeness (QED) is 0.837. The van der Waals surface area contributed by atoms with Crippen LogP contribution in [0.2, 0.25) is 0 Å². The van der Waals surface area contributed by atoms with Crippen LogP contribution in [0.15, 0.2) is 42.5 Å². The largest absolute Gasteiger partial charge is 0.323 e. The minimum absolute atomic E-state index is 0.129. The molecule has 2 nitrogen and oxygen atoms in total. The molecule has 0 spiro atoms. The number of unbranched alkanes of at least 4 members (excludes halogenated alkanes) is 1. The van der Waals surface area contributed by atoms with Crippen molar-refractivity contribution in [2.45, 2.75) is 32.6 Å². The summed E-state index contributed by atoms with van der Waals surface area (Å²) in [5.41, 5.74) is 1.95. The van der Waals surface area contributed by atoms with Crippen molar-refractivity contribution in [1.82, 2.24) is 0 Å². The summed E-state index contributed by atoms with van der Waals surface area (Å²) in [5, 5.41) is 2.39. The predicted octanol–water partition coefficient (Wildman–Crippen LogP) is 4.49. The highest BCUT2D eigenvalue weighted by Crippen LogP contribution is 2.16. The number of nitrogens with one attached hydrogen (secondary N) is 1. The summed E-state index contributed by atoms with van der Waals surface area (Å²) in [6.07, 6.45) is 3.43. The molecule has 0 aliphatic heterocycles. The lowest BCUT2D eigenvalue weighted by Gasteiger charge is -2.07. The zero-order valence-corrected chi connectivity index (χ0v) is 12.5. The van der Waals surface area contributed by atoms with Gasteiger partial charge in [0.1, 0.15) is 11.6 Å². The molecule has 0 heterocycles. The number of carbonyl (C=O) groups excluding carboxylic acids is 1. The Kier molecular flexibility index (Phi) is 5.64. The minimum atomic E-state index is -0.648. The van der Waals surface area contributed by atoms with Crippen LogP contribution in [0.1, 0.15) is 30.9 Å². The van der Waals surface area contributed by atoms with Crippen LogP contribution in [0.5, 0.6) is 0 Å². The second-order valence-electron chi connectivity index (χ2n) is 5.27. The molecule has 0 atom stereocenters. The van der Waals surface area contributed by atoms with E-state index in [0.29, 0.717) is 0 Å². The first kappa shape index (κ1) is 16.1. The number of amides is 1. The molecule has 0 fully saturated rings. The van der Waals surface area contributed by atoms with Gasteiger partial charge in [-0.3, -0.25) is 4.79 Å². The second-order valence-corrected chi connectivity index (χ2v) is 5.27. The van der Waals surface area contributed by atoms with Gasteiger partial charge in [0.05, 0.1) is 12.1 Å². The van der Waals surface area contributed by atoms with Crippen LogP contribution >= 0.6 is 0 Å². The van der Waals surface area contributed by atoms with E-state index in [1.165, 1.54) is 5.56 Å². The van der Waals surface area contributed by atoms with Gasteiger partial charge in [-0.1, -0.05) is 37.6 Å². The molecule has 1 amide bonds. The number of benzene rings is 2. The standard InChI is InChI=1S/C18H19F2NO/c1-2-3-4-13-5-7-14(8-6-13)11-18(22)21-17-12-15(19)9-10-16(17)20/h5-10,12H,2-4,11H2,1H3,(H,21,22). The van der Waals surface area contributed by atoms with E-state index in [1.807, 2.05) is 24.3 Å². The fourth-order valence-corrected chi connectivity index (χ4v) is 2.18. The summed E-state index contributed by atoms with van der Waals surface area (Å²) in [6.45, 7) is 2.14. The maximum Gasteiger partial charge on any atom is 0.228 e. The lowest BCUT2D eigenvalue weighted by molar-refractivity contribution is -0.115. The van der Waals surface area contributed by atoms with E-state index in [9.17, 15) is 13.6 Å². The molecule has 2 aromatic carbocycles. The molecular formula is C18H19F2NO. The van der Waals surface area contributed by atoms with E-state index in [-0.39, 0.29) is 18.0 Å². The Balaban J connectivity index is 1.95. The van der Waals surface area contributed by atoms with Crippen LogP contribution in [-0.2, 0) is 17.6 Å². The summed E-state index contributed by atoms with van der Waals surface area (Å²) in [6, 6.07) is 10.8. The molecule has 1 N–H and O–H groups in total. The fraction of sp³-hybridized carbons (Fsp3) is 0.278. The van der Waals surface area contributed by atoms with Gasteiger partial charge in [-0.25, -0.2) is 8.78 Å². The molecule has 2 rings (SSSR count). The summed E-state index contributed by atoms with van der Waals surface area (Å²) in [4.78, 5) is 11.9. The highest BCUT2D eigenvalue weighted by molar-refractivity contribution is 5.92. The third kappa shape index (κ3) is 4.65. The van der Waals surface area contributed by atoms with E-state index in [0.717, 1.165) is 43.0 Å². The Labute approximate surface area is 129 Å². The van der Waals surface area contributed by atoms with Crippen molar-refractivity contribution in [1.29, 1.82) is 0 Å². The second kappa shape index (κ2) is 7.69. The summed E-state index contributed by atoms with van der Waals surface area (Å²) in [7, 11) is 0. The first-order valence-electron chi connectivity index (χ1n) is 7.41. The molecule has 0 saturated heterocycles. The lowest BCUT2D eigenvalue weighted by atomic mass is 10.0. The van der Waals surface area contributed by atoms with Crippen LogP contribution in [-0.4, -0.2) is 5.91 Å². The van der Waals surface area contributed by atoms with Crippen LogP contribution in [0.4, 0.5) is 14.5 Å². The predicted molar refractivity (Wildman–Crippen MR) is 83.7 cm³/mol. The normalized spacial score (nSPS) is 10.5. The zero-order valence-electron chi connectivity index (χ0n) is 12.5. The molecule has 0 bridgehead atoms. The average molecular weight is 303 g/mol. The Hall–Kier alpha value is -2.23. The van der Waals surface area contributed by atoms with Crippen molar-refractivity contribution < 1.29 is 13.6 Å². The van der Waals surface area contributed by atoms with Gasteiger partial charge in [0.2, 0.25) is 5.91 Å². The van der Waals surface area contributed by atoms with E-state index >= 15 is 0 Å². The number of rotatable bonds is 6. The van der Waals surface area contributed by atoms with Crippen molar-refractivity contribution >= 4 is 11.6 Å². The van der Waals surface area contributed by atoms with Crippen molar-refractivity contribution in [2.24, 2.45) is 0 Å². The number of hydrogen-bond donors (Lipinski definition) is 1. The van der Waals surface area contributed by atoms with Crippen molar-refractivity contribution in [3.8, 4) is 0 Å². The zero-order chi connectivity index (χ0) is 15.9. The van der Waals surface area contributed by atoms with E-state index in [4.69, 9.17) is 0 Å².